The highest BCUT2D eigenvalue weighted by atomic mass is 32.2. The van der Waals surface area contributed by atoms with Crippen LogP contribution in [0.1, 0.15) is 6.42 Å². The van der Waals surface area contributed by atoms with Gasteiger partial charge in [-0.3, -0.25) is 9.69 Å². The van der Waals surface area contributed by atoms with Crippen LogP contribution in [-0.4, -0.2) is 66.5 Å². The predicted octanol–water partition coefficient (Wildman–Crippen LogP) is 2.18. The highest BCUT2D eigenvalue weighted by molar-refractivity contribution is 7.99. The number of rotatable bonds is 6. The highest BCUT2D eigenvalue weighted by Gasteiger charge is 2.24. The van der Waals surface area contributed by atoms with E-state index >= 15 is 0 Å². The van der Waals surface area contributed by atoms with Crippen molar-refractivity contribution < 1.29 is 4.79 Å². The summed E-state index contributed by atoms with van der Waals surface area (Å²) in [5.74, 6) is 0.823. The van der Waals surface area contributed by atoms with E-state index in [1.54, 1.807) is 11.8 Å². The molecule has 0 atom stereocenters. The number of amides is 1. The summed E-state index contributed by atoms with van der Waals surface area (Å²) < 4.78 is 0. The normalized spacial score (nSPS) is 17.4. The van der Waals surface area contributed by atoms with Crippen molar-refractivity contribution in [1.82, 2.24) is 14.8 Å². The van der Waals surface area contributed by atoms with Crippen LogP contribution in [0.2, 0.25) is 0 Å². The number of anilines is 2. The van der Waals surface area contributed by atoms with Gasteiger partial charge in [-0.25, -0.2) is 4.98 Å². The number of para-hydroxylation sites is 1. The summed E-state index contributed by atoms with van der Waals surface area (Å²) in [6.07, 6.45) is 2.95. The number of carbonyl (C=O) groups excluding carboxylic acids is 1. The number of hydrogen-bond acceptors (Lipinski definition) is 6. The zero-order valence-corrected chi connectivity index (χ0v) is 16.2. The fraction of sp³-hybridized carbons (Fsp3) is 0.400. The molecule has 1 amide bonds. The number of fused-ring (bicyclic) bond motifs is 2. The molecule has 0 spiro atoms. The Hall–Kier alpha value is -2.09. The van der Waals surface area contributed by atoms with E-state index < -0.39 is 0 Å². The van der Waals surface area contributed by atoms with E-state index in [1.807, 2.05) is 12.3 Å². The van der Waals surface area contributed by atoms with E-state index in [1.165, 1.54) is 15.5 Å². The Labute approximate surface area is 164 Å². The molecule has 0 saturated carbocycles. The Morgan fingerprint density at radius 1 is 1.00 bits per heavy atom. The van der Waals surface area contributed by atoms with Crippen LogP contribution >= 0.6 is 11.8 Å². The summed E-state index contributed by atoms with van der Waals surface area (Å²) in [5, 5.41) is 0. The SMILES string of the molecule is NC(=O)CN1CCN(CCCN2c3ccccc3Sc3cccnc32)CC1. The summed E-state index contributed by atoms with van der Waals surface area (Å²) >= 11 is 1.79. The molecule has 4 rings (SSSR count). The summed E-state index contributed by atoms with van der Waals surface area (Å²) in [6.45, 7) is 6.19. The minimum atomic E-state index is -0.240. The zero-order valence-electron chi connectivity index (χ0n) is 15.4. The number of piperazine rings is 1. The van der Waals surface area contributed by atoms with Crippen LogP contribution in [0.3, 0.4) is 0 Å². The molecule has 2 aliphatic heterocycles. The van der Waals surface area contributed by atoms with E-state index in [4.69, 9.17) is 5.73 Å². The van der Waals surface area contributed by atoms with Crippen molar-refractivity contribution in [3.63, 3.8) is 0 Å². The van der Waals surface area contributed by atoms with E-state index in [9.17, 15) is 4.79 Å². The zero-order chi connectivity index (χ0) is 18.6. The second-order valence-corrected chi connectivity index (χ2v) is 8.07. The number of carbonyl (C=O) groups is 1. The van der Waals surface area contributed by atoms with Crippen molar-refractivity contribution in [2.75, 3.05) is 50.7 Å². The van der Waals surface area contributed by atoms with Crippen LogP contribution in [0.15, 0.2) is 52.4 Å². The van der Waals surface area contributed by atoms with Gasteiger partial charge in [0.25, 0.3) is 0 Å². The van der Waals surface area contributed by atoms with Crippen LogP contribution in [0, 0.1) is 0 Å². The lowest BCUT2D eigenvalue weighted by Crippen LogP contribution is -2.49. The van der Waals surface area contributed by atoms with Crippen LogP contribution in [0.25, 0.3) is 0 Å². The first kappa shape index (κ1) is 18.3. The standard InChI is InChI=1S/C20H25N5OS/c21-19(26)15-24-13-11-23(12-14-24)9-4-10-25-16-5-1-2-6-17(16)27-18-7-3-8-22-20(18)25/h1-3,5-8H,4,9-15H2,(H2,21,26). The molecular formula is C20H25N5OS. The molecule has 1 aromatic carbocycles. The predicted molar refractivity (Wildman–Crippen MR) is 108 cm³/mol. The minimum absolute atomic E-state index is 0.240. The van der Waals surface area contributed by atoms with Gasteiger partial charge < -0.3 is 15.5 Å². The lowest BCUT2D eigenvalue weighted by atomic mass is 10.2. The molecule has 6 nitrogen and oxygen atoms in total. The van der Waals surface area contributed by atoms with Gasteiger partial charge in [-0.1, -0.05) is 23.9 Å². The average Bonchev–Trinajstić information content (AvgIpc) is 2.68. The quantitative estimate of drug-likeness (QED) is 0.825. The van der Waals surface area contributed by atoms with Crippen molar-refractivity contribution in [2.45, 2.75) is 16.2 Å². The van der Waals surface area contributed by atoms with Gasteiger partial charge >= 0.3 is 0 Å². The molecule has 1 fully saturated rings. The van der Waals surface area contributed by atoms with Gasteiger partial charge in [-0.15, -0.1) is 0 Å². The molecule has 1 aromatic heterocycles. The Balaban J connectivity index is 1.36. The minimum Gasteiger partial charge on any atom is -0.369 e. The number of aromatic nitrogens is 1. The number of primary amides is 1. The van der Waals surface area contributed by atoms with Crippen molar-refractivity contribution in [3.8, 4) is 0 Å². The maximum absolute atomic E-state index is 11.1. The average molecular weight is 384 g/mol. The van der Waals surface area contributed by atoms with E-state index in [0.29, 0.717) is 6.54 Å². The van der Waals surface area contributed by atoms with Crippen LogP contribution in [0.4, 0.5) is 11.5 Å². The Morgan fingerprint density at radius 2 is 1.74 bits per heavy atom. The molecule has 1 saturated heterocycles. The molecule has 3 heterocycles. The Kier molecular flexibility index (Phi) is 5.61. The van der Waals surface area contributed by atoms with Gasteiger partial charge in [-0.2, -0.15) is 0 Å². The molecule has 0 unspecified atom stereocenters. The van der Waals surface area contributed by atoms with Gasteiger partial charge in [-0.05, 0) is 37.2 Å². The summed E-state index contributed by atoms with van der Waals surface area (Å²) in [5.41, 5.74) is 6.54. The van der Waals surface area contributed by atoms with E-state index in [2.05, 4.69) is 50.0 Å². The first-order valence-electron chi connectivity index (χ1n) is 9.43. The van der Waals surface area contributed by atoms with Gasteiger partial charge in [0, 0.05) is 43.8 Å². The number of hydrogen-bond donors (Lipinski definition) is 1. The third-order valence-corrected chi connectivity index (χ3v) is 6.19. The molecule has 7 heteroatoms. The summed E-state index contributed by atoms with van der Waals surface area (Å²) in [6, 6.07) is 12.7. The second-order valence-electron chi connectivity index (χ2n) is 6.98. The molecule has 142 valence electrons. The molecule has 0 radical (unpaired) electrons. The highest BCUT2D eigenvalue weighted by Crippen LogP contribution is 2.46. The van der Waals surface area contributed by atoms with Crippen LogP contribution in [-0.2, 0) is 4.79 Å². The molecule has 2 aromatic rings. The monoisotopic (exact) mass is 383 g/mol. The van der Waals surface area contributed by atoms with Crippen LogP contribution in [0.5, 0.6) is 0 Å². The van der Waals surface area contributed by atoms with Crippen molar-refractivity contribution >= 4 is 29.2 Å². The van der Waals surface area contributed by atoms with E-state index in [-0.39, 0.29) is 5.91 Å². The topological polar surface area (TPSA) is 65.7 Å². The van der Waals surface area contributed by atoms with Gasteiger partial charge in [0.2, 0.25) is 5.91 Å². The summed E-state index contributed by atoms with van der Waals surface area (Å²) in [7, 11) is 0. The van der Waals surface area contributed by atoms with Crippen LogP contribution < -0.4 is 10.6 Å². The van der Waals surface area contributed by atoms with E-state index in [0.717, 1.165) is 51.5 Å². The molecular weight excluding hydrogens is 358 g/mol. The third kappa shape index (κ3) is 4.26. The number of nitrogens with zero attached hydrogens (tertiary/aromatic N) is 4. The number of nitrogens with two attached hydrogens (primary N) is 1. The fourth-order valence-corrected chi connectivity index (χ4v) is 4.80. The first-order chi connectivity index (χ1) is 13.2. The number of benzene rings is 1. The largest absolute Gasteiger partial charge is 0.369 e. The number of pyridine rings is 1. The molecule has 27 heavy (non-hydrogen) atoms. The maximum atomic E-state index is 11.1. The van der Waals surface area contributed by atoms with Gasteiger partial charge in [0.05, 0.1) is 17.1 Å². The second kappa shape index (κ2) is 8.29. The Morgan fingerprint density at radius 3 is 2.56 bits per heavy atom. The molecule has 2 N–H and O–H groups in total. The smallest absolute Gasteiger partial charge is 0.231 e. The third-order valence-electron chi connectivity index (χ3n) is 5.08. The fourth-order valence-electron chi connectivity index (χ4n) is 3.73. The van der Waals surface area contributed by atoms with Gasteiger partial charge in [0.15, 0.2) is 0 Å². The molecule has 2 aliphatic rings. The Bertz CT molecular complexity index is 761. The maximum Gasteiger partial charge on any atom is 0.231 e. The first-order valence-corrected chi connectivity index (χ1v) is 10.2. The van der Waals surface area contributed by atoms with Crippen molar-refractivity contribution in [3.05, 3.63) is 42.6 Å². The lowest BCUT2D eigenvalue weighted by molar-refractivity contribution is -0.119. The molecule has 0 bridgehead atoms. The van der Waals surface area contributed by atoms with Gasteiger partial charge in [0.1, 0.15) is 5.82 Å². The van der Waals surface area contributed by atoms with Crippen molar-refractivity contribution in [1.29, 1.82) is 0 Å². The summed E-state index contributed by atoms with van der Waals surface area (Å²) in [4.78, 5) is 25.2. The lowest BCUT2D eigenvalue weighted by Gasteiger charge is -2.35. The van der Waals surface area contributed by atoms with Crippen molar-refractivity contribution in [2.24, 2.45) is 5.73 Å². The molecule has 0 aliphatic carbocycles.